The number of aromatic hydroxyl groups is 1. The van der Waals surface area contributed by atoms with Crippen LogP contribution in [0.25, 0.3) is 16.8 Å². The number of hydrogen-bond donors (Lipinski definition) is 1. The van der Waals surface area contributed by atoms with Crippen molar-refractivity contribution in [3.63, 3.8) is 0 Å². The Bertz CT molecular complexity index is 817. The number of fused-ring (bicyclic) bond motifs is 1. The van der Waals surface area contributed by atoms with Gasteiger partial charge in [0.2, 0.25) is 0 Å². The molecular formula is C19H14O2. The van der Waals surface area contributed by atoms with Gasteiger partial charge in [0.1, 0.15) is 5.75 Å². The second kappa shape index (κ2) is 5.63. The van der Waals surface area contributed by atoms with E-state index in [1.165, 1.54) is 6.08 Å². The van der Waals surface area contributed by atoms with Gasteiger partial charge in [-0.1, -0.05) is 66.7 Å². The Labute approximate surface area is 123 Å². The zero-order chi connectivity index (χ0) is 14.7. The lowest BCUT2D eigenvalue weighted by Gasteiger charge is -2.06. The quantitative estimate of drug-likeness (QED) is 0.566. The van der Waals surface area contributed by atoms with Crippen LogP contribution in [0.5, 0.6) is 5.75 Å². The second-order valence-corrected chi connectivity index (χ2v) is 4.79. The van der Waals surface area contributed by atoms with E-state index < -0.39 is 0 Å². The van der Waals surface area contributed by atoms with Crippen molar-refractivity contribution in [2.45, 2.75) is 0 Å². The summed E-state index contributed by atoms with van der Waals surface area (Å²) < 4.78 is 0. The van der Waals surface area contributed by atoms with Crippen LogP contribution < -0.4 is 0 Å². The van der Waals surface area contributed by atoms with Crippen molar-refractivity contribution in [3.05, 3.63) is 83.9 Å². The lowest BCUT2D eigenvalue weighted by molar-refractivity contribution is 0.104. The number of phenolic OH excluding ortho intramolecular Hbond substituents is 1. The molecule has 0 saturated carbocycles. The highest BCUT2D eigenvalue weighted by Crippen LogP contribution is 2.27. The number of hydrogen-bond acceptors (Lipinski definition) is 2. The molecule has 0 aliphatic carbocycles. The van der Waals surface area contributed by atoms with Crippen molar-refractivity contribution in [1.29, 1.82) is 0 Å². The molecule has 3 aromatic rings. The van der Waals surface area contributed by atoms with E-state index in [9.17, 15) is 9.90 Å². The number of rotatable bonds is 3. The Morgan fingerprint density at radius 3 is 2.38 bits per heavy atom. The first kappa shape index (κ1) is 13.1. The Morgan fingerprint density at radius 2 is 1.57 bits per heavy atom. The predicted octanol–water partition coefficient (Wildman–Crippen LogP) is 4.44. The van der Waals surface area contributed by atoms with E-state index >= 15 is 0 Å². The van der Waals surface area contributed by atoms with Crippen LogP contribution in [0.4, 0.5) is 0 Å². The molecule has 0 spiro atoms. The van der Waals surface area contributed by atoms with Gasteiger partial charge in [0.15, 0.2) is 5.78 Å². The molecule has 0 aliphatic heterocycles. The summed E-state index contributed by atoms with van der Waals surface area (Å²) in [5.41, 5.74) is 1.30. The first-order valence-electron chi connectivity index (χ1n) is 6.74. The van der Waals surface area contributed by atoms with Crippen LogP contribution in [0.3, 0.4) is 0 Å². The Kier molecular flexibility index (Phi) is 3.52. The van der Waals surface area contributed by atoms with Crippen LogP contribution in [-0.2, 0) is 0 Å². The maximum absolute atomic E-state index is 12.4. The average Bonchev–Trinajstić information content (AvgIpc) is 2.53. The maximum atomic E-state index is 12.4. The molecule has 2 heteroatoms. The van der Waals surface area contributed by atoms with Crippen molar-refractivity contribution >= 4 is 22.6 Å². The highest BCUT2D eigenvalue weighted by molar-refractivity contribution is 6.16. The third-order valence-corrected chi connectivity index (χ3v) is 3.38. The van der Waals surface area contributed by atoms with Gasteiger partial charge < -0.3 is 5.11 Å². The standard InChI is InChI=1S/C19H14O2/c20-17(12-10-14-6-2-1-3-7-14)19-16-9-5-4-8-15(16)11-13-18(19)21/h1-13,21H. The largest absolute Gasteiger partial charge is 0.507 e. The molecule has 2 nitrogen and oxygen atoms in total. The van der Waals surface area contributed by atoms with E-state index in [0.29, 0.717) is 5.56 Å². The van der Waals surface area contributed by atoms with E-state index in [-0.39, 0.29) is 11.5 Å². The van der Waals surface area contributed by atoms with Crippen molar-refractivity contribution in [2.24, 2.45) is 0 Å². The monoisotopic (exact) mass is 274 g/mol. The zero-order valence-electron chi connectivity index (χ0n) is 11.4. The molecule has 102 valence electrons. The molecular weight excluding hydrogens is 260 g/mol. The molecule has 21 heavy (non-hydrogen) atoms. The van der Waals surface area contributed by atoms with Crippen LogP contribution in [0.1, 0.15) is 15.9 Å². The fourth-order valence-electron chi connectivity index (χ4n) is 2.34. The minimum atomic E-state index is -0.201. The summed E-state index contributed by atoms with van der Waals surface area (Å²) in [6.07, 6.45) is 3.25. The van der Waals surface area contributed by atoms with Crippen molar-refractivity contribution < 1.29 is 9.90 Å². The molecule has 0 heterocycles. The average molecular weight is 274 g/mol. The summed E-state index contributed by atoms with van der Waals surface area (Å²) >= 11 is 0. The van der Waals surface area contributed by atoms with Gasteiger partial charge in [0.25, 0.3) is 0 Å². The van der Waals surface area contributed by atoms with Gasteiger partial charge in [0.05, 0.1) is 5.56 Å². The third kappa shape index (κ3) is 2.70. The first-order chi connectivity index (χ1) is 10.3. The SMILES string of the molecule is O=C(C=Cc1ccccc1)c1c(O)ccc2ccccc12. The lowest BCUT2D eigenvalue weighted by Crippen LogP contribution is -1.96. The molecule has 0 atom stereocenters. The molecule has 0 fully saturated rings. The van der Waals surface area contributed by atoms with Crippen molar-refractivity contribution in [1.82, 2.24) is 0 Å². The number of allylic oxidation sites excluding steroid dienone is 1. The molecule has 0 aromatic heterocycles. The van der Waals surface area contributed by atoms with Crippen LogP contribution in [0, 0.1) is 0 Å². The summed E-state index contributed by atoms with van der Waals surface area (Å²) in [6.45, 7) is 0. The lowest BCUT2D eigenvalue weighted by atomic mass is 9.99. The van der Waals surface area contributed by atoms with E-state index in [2.05, 4.69) is 0 Å². The fourth-order valence-corrected chi connectivity index (χ4v) is 2.34. The molecule has 3 rings (SSSR count). The number of phenols is 1. The highest BCUT2D eigenvalue weighted by Gasteiger charge is 2.12. The topological polar surface area (TPSA) is 37.3 Å². The summed E-state index contributed by atoms with van der Waals surface area (Å²) in [7, 11) is 0. The number of carbonyl (C=O) groups is 1. The normalized spacial score (nSPS) is 11.0. The number of benzene rings is 3. The molecule has 0 aliphatic rings. The van der Waals surface area contributed by atoms with Crippen LogP contribution in [0.15, 0.2) is 72.8 Å². The summed E-state index contributed by atoms with van der Waals surface area (Å²) in [5, 5.41) is 11.7. The van der Waals surface area contributed by atoms with Crippen molar-refractivity contribution in [2.75, 3.05) is 0 Å². The van der Waals surface area contributed by atoms with Gasteiger partial charge in [0, 0.05) is 0 Å². The Hall–Kier alpha value is -2.87. The van der Waals surface area contributed by atoms with E-state index in [1.54, 1.807) is 12.1 Å². The minimum Gasteiger partial charge on any atom is -0.507 e. The molecule has 1 N–H and O–H groups in total. The summed E-state index contributed by atoms with van der Waals surface area (Å²) in [5.74, 6) is -0.190. The number of ketones is 1. The van der Waals surface area contributed by atoms with Gasteiger partial charge in [-0.2, -0.15) is 0 Å². The fraction of sp³-hybridized carbons (Fsp3) is 0. The molecule has 0 unspecified atom stereocenters. The van der Waals surface area contributed by atoms with Gasteiger partial charge in [-0.25, -0.2) is 0 Å². The van der Waals surface area contributed by atoms with E-state index in [0.717, 1.165) is 16.3 Å². The zero-order valence-corrected chi connectivity index (χ0v) is 11.4. The third-order valence-electron chi connectivity index (χ3n) is 3.38. The summed E-state index contributed by atoms with van der Waals surface area (Å²) in [6, 6.07) is 20.5. The van der Waals surface area contributed by atoms with Crippen LogP contribution >= 0.6 is 0 Å². The van der Waals surface area contributed by atoms with Crippen molar-refractivity contribution in [3.8, 4) is 5.75 Å². The molecule has 0 bridgehead atoms. The van der Waals surface area contributed by atoms with Gasteiger partial charge in [-0.3, -0.25) is 4.79 Å². The molecule has 0 amide bonds. The highest BCUT2D eigenvalue weighted by atomic mass is 16.3. The molecule has 3 aromatic carbocycles. The Balaban J connectivity index is 2.02. The van der Waals surface area contributed by atoms with E-state index in [4.69, 9.17) is 0 Å². The maximum Gasteiger partial charge on any atom is 0.190 e. The first-order valence-corrected chi connectivity index (χ1v) is 6.74. The summed E-state index contributed by atoms with van der Waals surface area (Å²) in [4.78, 5) is 12.4. The van der Waals surface area contributed by atoms with E-state index in [1.807, 2.05) is 60.7 Å². The molecule has 0 saturated heterocycles. The second-order valence-electron chi connectivity index (χ2n) is 4.79. The Morgan fingerprint density at radius 1 is 0.857 bits per heavy atom. The number of carbonyl (C=O) groups excluding carboxylic acids is 1. The van der Waals surface area contributed by atoms with Crippen LogP contribution in [-0.4, -0.2) is 10.9 Å². The van der Waals surface area contributed by atoms with Gasteiger partial charge in [-0.05, 0) is 28.5 Å². The predicted molar refractivity (Wildman–Crippen MR) is 85.4 cm³/mol. The molecule has 0 radical (unpaired) electrons. The van der Waals surface area contributed by atoms with Gasteiger partial charge in [-0.15, -0.1) is 0 Å². The van der Waals surface area contributed by atoms with Gasteiger partial charge >= 0.3 is 0 Å². The minimum absolute atomic E-state index is 0.0106. The smallest absolute Gasteiger partial charge is 0.190 e. The van der Waals surface area contributed by atoms with Crippen LogP contribution in [0.2, 0.25) is 0 Å².